The summed E-state index contributed by atoms with van der Waals surface area (Å²) in [7, 11) is 0. The Hall–Kier alpha value is -0.598. The van der Waals surface area contributed by atoms with Gasteiger partial charge in [-0.25, -0.2) is 4.39 Å². The van der Waals surface area contributed by atoms with Crippen LogP contribution in [-0.4, -0.2) is 36.9 Å². The Morgan fingerprint density at radius 1 is 1.00 bits per heavy atom. The van der Waals surface area contributed by atoms with Gasteiger partial charge >= 0.3 is 0 Å². The second kappa shape index (κ2) is 12.6. The van der Waals surface area contributed by atoms with E-state index in [4.69, 9.17) is 0 Å². The van der Waals surface area contributed by atoms with Crippen molar-refractivity contribution < 1.29 is 53.2 Å². The minimum absolute atomic E-state index is 0. The van der Waals surface area contributed by atoms with Gasteiger partial charge in [-0.3, -0.25) is 9.69 Å². The predicted molar refractivity (Wildman–Crippen MR) is 120 cm³/mol. The predicted octanol–water partition coefficient (Wildman–Crippen LogP) is 5.56. The van der Waals surface area contributed by atoms with Gasteiger partial charge in [-0.05, 0) is 92.4 Å². The molecule has 163 valence electrons. The summed E-state index contributed by atoms with van der Waals surface area (Å²) in [4.78, 5) is 15.1. The van der Waals surface area contributed by atoms with Crippen LogP contribution in [0.4, 0.5) is 4.39 Å². The van der Waals surface area contributed by atoms with Crippen molar-refractivity contribution in [3.63, 3.8) is 0 Å². The zero-order valence-corrected chi connectivity index (χ0v) is 23.1. The molecule has 0 unspecified atom stereocenters. The van der Waals surface area contributed by atoms with Gasteiger partial charge in [-0.1, -0.05) is 24.3 Å². The van der Waals surface area contributed by atoms with Crippen LogP contribution in [0.1, 0.15) is 59.2 Å². The van der Waals surface area contributed by atoms with Crippen LogP contribution >= 0.6 is 0 Å². The smallest absolute Gasteiger partial charge is 0.162 e. The molecule has 0 bridgehead atoms. The quantitative estimate of drug-likeness (QED) is 0.374. The van der Waals surface area contributed by atoms with Gasteiger partial charge in [0.15, 0.2) is 5.78 Å². The molecule has 2 aliphatic heterocycles. The van der Waals surface area contributed by atoms with E-state index in [0.717, 1.165) is 69.9 Å². The van der Waals surface area contributed by atoms with Gasteiger partial charge in [-0.15, -0.1) is 13.1 Å². The van der Waals surface area contributed by atoms with Gasteiger partial charge in [0.05, 0.1) is 0 Å². The molecule has 5 heteroatoms. The SMILES string of the molecule is O=C(CCCC1CCN(Cc2ccc(F)cc2)CC1)c1ccc2c(c1)CC[N-]CC2.[Ac]. The monoisotopic (exact) mass is 634 g/mol. The van der Waals surface area contributed by atoms with Crippen molar-refractivity contribution in [3.05, 3.63) is 75.9 Å². The Labute approximate surface area is 221 Å². The third-order valence-electron chi connectivity index (χ3n) is 6.65. The minimum atomic E-state index is -0.173. The van der Waals surface area contributed by atoms with Crippen LogP contribution < -0.4 is 0 Å². The normalized spacial score (nSPS) is 17.5. The zero-order chi connectivity index (χ0) is 20.8. The van der Waals surface area contributed by atoms with Gasteiger partial charge in [0.25, 0.3) is 0 Å². The summed E-state index contributed by atoms with van der Waals surface area (Å²) in [5.41, 5.74) is 4.73. The molecule has 0 spiro atoms. The standard InChI is InChI=1S/C26H32FN2O.Ac/c27-25-8-4-21(5-9-25)19-29-16-12-20(13-17-29)2-1-3-26(30)24-7-6-22-10-14-28-15-11-23(22)18-24;/h4-9,18,20H,1-3,10-17,19H2;/q-1;. The Kier molecular flexibility index (Phi) is 10.2. The molecule has 0 aliphatic carbocycles. The van der Waals surface area contributed by atoms with E-state index in [1.807, 2.05) is 18.2 Å². The number of nitrogens with zero attached hydrogens (tertiary/aromatic N) is 2. The fraction of sp³-hybridized carbons (Fsp3) is 0.500. The first-order chi connectivity index (χ1) is 14.7. The number of rotatable bonds is 7. The van der Waals surface area contributed by atoms with Crippen molar-refractivity contribution in [1.29, 1.82) is 0 Å². The van der Waals surface area contributed by atoms with Crippen molar-refractivity contribution in [1.82, 2.24) is 4.90 Å². The number of benzene rings is 2. The molecule has 0 atom stereocenters. The summed E-state index contributed by atoms with van der Waals surface area (Å²) in [5, 5.41) is 4.49. The number of hydrogen-bond donors (Lipinski definition) is 0. The molecule has 2 aromatic rings. The second-order valence-electron chi connectivity index (χ2n) is 8.82. The number of Topliss-reactive ketones (excluding diaryl/α,β-unsaturated/α-hetero) is 1. The first kappa shape index (κ1) is 25.0. The van der Waals surface area contributed by atoms with Crippen LogP contribution in [0, 0.1) is 55.8 Å². The molecule has 31 heavy (non-hydrogen) atoms. The molecule has 1 saturated heterocycles. The Balaban J connectivity index is 0.00000272. The van der Waals surface area contributed by atoms with E-state index in [0.29, 0.717) is 6.42 Å². The van der Waals surface area contributed by atoms with Crippen molar-refractivity contribution in [2.75, 3.05) is 26.2 Å². The maximum atomic E-state index is 13.0. The van der Waals surface area contributed by atoms with Crippen molar-refractivity contribution in [2.45, 2.75) is 51.5 Å². The molecule has 0 saturated carbocycles. The summed E-state index contributed by atoms with van der Waals surface area (Å²) < 4.78 is 13.0. The summed E-state index contributed by atoms with van der Waals surface area (Å²) in [5.74, 6) is 0.831. The van der Waals surface area contributed by atoms with Crippen LogP contribution in [-0.2, 0) is 19.4 Å². The topological polar surface area (TPSA) is 34.4 Å². The van der Waals surface area contributed by atoms with E-state index in [-0.39, 0.29) is 55.7 Å². The molecule has 2 aliphatic rings. The van der Waals surface area contributed by atoms with E-state index in [1.165, 1.54) is 29.5 Å². The van der Waals surface area contributed by atoms with Gasteiger partial charge < -0.3 is 5.32 Å². The number of fused-ring (bicyclic) bond motifs is 1. The van der Waals surface area contributed by atoms with Crippen LogP contribution in [0.15, 0.2) is 42.5 Å². The first-order valence-corrected chi connectivity index (χ1v) is 11.4. The van der Waals surface area contributed by atoms with E-state index in [9.17, 15) is 9.18 Å². The molecule has 4 rings (SSSR count). The largest absolute Gasteiger partial charge is 0.662 e. The Morgan fingerprint density at radius 2 is 1.71 bits per heavy atom. The number of ketones is 1. The van der Waals surface area contributed by atoms with Crippen LogP contribution in [0.5, 0.6) is 0 Å². The van der Waals surface area contributed by atoms with Crippen LogP contribution in [0.25, 0.3) is 5.32 Å². The Morgan fingerprint density at radius 3 is 2.45 bits per heavy atom. The number of carbonyl (C=O) groups excluding carboxylic acids is 1. The molecular weight excluding hydrogens is 602 g/mol. The molecule has 1 radical (unpaired) electrons. The molecule has 0 amide bonds. The van der Waals surface area contributed by atoms with E-state index in [2.05, 4.69) is 22.3 Å². The number of piperidine rings is 1. The van der Waals surface area contributed by atoms with Gasteiger partial charge in [0.1, 0.15) is 5.82 Å². The fourth-order valence-electron chi connectivity index (χ4n) is 4.76. The minimum Gasteiger partial charge on any atom is -0.662 e. The average Bonchev–Trinajstić information content (AvgIpc) is 3.01. The fourth-order valence-corrected chi connectivity index (χ4v) is 4.76. The third kappa shape index (κ3) is 7.46. The molecular formula is C26H32AcFN2O-. The summed E-state index contributed by atoms with van der Waals surface area (Å²) in [6, 6.07) is 13.1. The molecule has 3 nitrogen and oxygen atoms in total. The van der Waals surface area contributed by atoms with E-state index < -0.39 is 0 Å². The molecule has 1 fully saturated rings. The number of likely N-dealkylation sites (tertiary alicyclic amines) is 1. The van der Waals surface area contributed by atoms with Gasteiger partial charge in [0, 0.05) is 62.6 Å². The maximum absolute atomic E-state index is 13.0. The maximum Gasteiger partial charge on any atom is 0.162 e. The van der Waals surface area contributed by atoms with Crippen LogP contribution in [0.3, 0.4) is 0 Å². The van der Waals surface area contributed by atoms with E-state index in [1.54, 1.807) is 12.1 Å². The zero-order valence-electron chi connectivity index (χ0n) is 18.4. The molecule has 2 aromatic carbocycles. The average molecular weight is 635 g/mol. The van der Waals surface area contributed by atoms with Crippen molar-refractivity contribution in [3.8, 4) is 0 Å². The van der Waals surface area contributed by atoms with E-state index >= 15 is 0 Å². The van der Waals surface area contributed by atoms with Gasteiger partial charge in [0.2, 0.25) is 0 Å². The van der Waals surface area contributed by atoms with Gasteiger partial charge in [-0.2, -0.15) is 0 Å². The van der Waals surface area contributed by atoms with Crippen LogP contribution in [0.2, 0.25) is 0 Å². The molecule has 0 aromatic heterocycles. The summed E-state index contributed by atoms with van der Waals surface area (Å²) in [6.45, 7) is 4.86. The van der Waals surface area contributed by atoms with Crippen molar-refractivity contribution >= 4 is 5.78 Å². The first-order valence-electron chi connectivity index (χ1n) is 11.4. The second-order valence-corrected chi connectivity index (χ2v) is 8.82. The molecule has 0 N–H and O–H groups in total. The van der Waals surface area contributed by atoms with Crippen molar-refractivity contribution in [2.24, 2.45) is 5.92 Å². The number of hydrogen-bond acceptors (Lipinski definition) is 2. The summed E-state index contributed by atoms with van der Waals surface area (Å²) in [6.07, 6.45) is 7.12. The third-order valence-corrected chi connectivity index (χ3v) is 6.65. The molecule has 2 heterocycles. The Bertz CT molecular complexity index is 847. The summed E-state index contributed by atoms with van der Waals surface area (Å²) >= 11 is 0. The number of halogens is 1. The number of carbonyl (C=O) groups is 1.